The van der Waals surface area contributed by atoms with Crippen LogP contribution in [0.2, 0.25) is 0 Å². The zero-order chi connectivity index (χ0) is 12.1. The number of hydrogen-bond acceptors (Lipinski definition) is 3. The van der Waals surface area contributed by atoms with Crippen molar-refractivity contribution in [1.29, 1.82) is 0 Å². The Morgan fingerprint density at radius 2 is 2.47 bits per heavy atom. The highest BCUT2D eigenvalue weighted by Crippen LogP contribution is 2.27. The molecule has 2 atom stereocenters. The molecule has 0 radical (unpaired) electrons. The maximum absolute atomic E-state index is 5.16. The molecule has 0 fully saturated rings. The highest BCUT2D eigenvalue weighted by Gasteiger charge is 2.20. The number of aromatic nitrogens is 1. The van der Waals surface area contributed by atoms with Crippen LogP contribution in [-0.4, -0.2) is 25.2 Å². The zero-order valence-electron chi connectivity index (χ0n) is 10.8. The molecule has 3 heteroatoms. The second kappa shape index (κ2) is 6.12. The van der Waals surface area contributed by atoms with Gasteiger partial charge in [-0.05, 0) is 36.8 Å². The van der Waals surface area contributed by atoms with Crippen molar-refractivity contribution in [3.8, 4) is 0 Å². The van der Waals surface area contributed by atoms with E-state index in [0.29, 0.717) is 12.0 Å². The quantitative estimate of drug-likeness (QED) is 0.849. The van der Waals surface area contributed by atoms with E-state index < -0.39 is 0 Å². The lowest BCUT2D eigenvalue weighted by Crippen LogP contribution is -2.31. The number of hydrogen-bond donors (Lipinski definition) is 1. The van der Waals surface area contributed by atoms with Gasteiger partial charge in [0.2, 0.25) is 0 Å². The third kappa shape index (κ3) is 3.27. The van der Waals surface area contributed by atoms with Gasteiger partial charge in [-0.3, -0.25) is 4.98 Å². The molecule has 1 aromatic heterocycles. The van der Waals surface area contributed by atoms with Crippen molar-refractivity contribution in [1.82, 2.24) is 10.3 Å². The van der Waals surface area contributed by atoms with Crippen molar-refractivity contribution in [3.05, 3.63) is 29.6 Å². The minimum Gasteiger partial charge on any atom is -0.384 e. The maximum atomic E-state index is 5.16. The van der Waals surface area contributed by atoms with E-state index in [1.54, 1.807) is 7.11 Å². The molecule has 0 saturated heterocycles. The van der Waals surface area contributed by atoms with Crippen LogP contribution >= 0.6 is 0 Å². The molecule has 0 bridgehead atoms. The minimum absolute atomic E-state index is 0.430. The summed E-state index contributed by atoms with van der Waals surface area (Å²) in [7, 11) is 1.76. The number of aryl methyl sites for hydroxylation is 1. The first-order chi connectivity index (χ1) is 8.31. The molecule has 1 aromatic rings. The molecule has 0 amide bonds. The fourth-order valence-electron chi connectivity index (χ4n) is 2.49. The topological polar surface area (TPSA) is 34.1 Å². The molecule has 1 heterocycles. The maximum Gasteiger partial charge on any atom is 0.0605 e. The van der Waals surface area contributed by atoms with Crippen molar-refractivity contribution < 1.29 is 4.74 Å². The predicted molar refractivity (Wildman–Crippen MR) is 69.0 cm³/mol. The lowest BCUT2D eigenvalue weighted by Gasteiger charge is -2.26. The molecule has 1 aliphatic carbocycles. The first-order valence-electron chi connectivity index (χ1n) is 6.47. The molecule has 17 heavy (non-hydrogen) atoms. The minimum atomic E-state index is 0.430. The Hall–Kier alpha value is -0.930. The van der Waals surface area contributed by atoms with E-state index in [-0.39, 0.29) is 0 Å². The Morgan fingerprint density at radius 1 is 1.59 bits per heavy atom. The van der Waals surface area contributed by atoms with E-state index >= 15 is 0 Å². The van der Waals surface area contributed by atoms with E-state index in [4.69, 9.17) is 4.74 Å². The van der Waals surface area contributed by atoms with Gasteiger partial charge in [0.25, 0.3) is 0 Å². The Bertz CT molecular complexity index is 354. The Morgan fingerprint density at radius 3 is 3.29 bits per heavy atom. The largest absolute Gasteiger partial charge is 0.384 e. The molecule has 1 N–H and O–H groups in total. The van der Waals surface area contributed by atoms with E-state index in [1.807, 2.05) is 12.3 Å². The molecule has 0 aromatic carbocycles. The lowest BCUT2D eigenvalue weighted by atomic mass is 9.91. The average molecular weight is 234 g/mol. The van der Waals surface area contributed by atoms with Crippen LogP contribution in [0.25, 0.3) is 0 Å². The van der Waals surface area contributed by atoms with Crippen LogP contribution in [0.5, 0.6) is 0 Å². The normalized spacial score (nSPS) is 20.9. The van der Waals surface area contributed by atoms with Gasteiger partial charge in [0.15, 0.2) is 0 Å². The molecule has 0 spiro atoms. The second-order valence-corrected chi connectivity index (χ2v) is 4.96. The molecule has 1 aliphatic rings. The van der Waals surface area contributed by atoms with Crippen LogP contribution in [0, 0.1) is 5.92 Å². The standard InChI is InChI=1S/C14H22N2O/c1-11(10-17-2)9-16-13-7-3-5-12-6-4-8-15-14(12)13/h4,6,8,11,13,16H,3,5,7,9-10H2,1-2H3. The Kier molecular flexibility index (Phi) is 4.51. The molecule has 94 valence electrons. The average Bonchev–Trinajstić information content (AvgIpc) is 2.36. The van der Waals surface area contributed by atoms with Crippen molar-refractivity contribution in [3.63, 3.8) is 0 Å². The summed E-state index contributed by atoms with van der Waals surface area (Å²) in [5, 5.41) is 3.62. The van der Waals surface area contributed by atoms with Crippen LogP contribution in [0.3, 0.4) is 0 Å². The zero-order valence-corrected chi connectivity index (χ0v) is 10.8. The van der Waals surface area contributed by atoms with Crippen LogP contribution in [-0.2, 0) is 11.2 Å². The molecule has 3 nitrogen and oxygen atoms in total. The van der Waals surface area contributed by atoms with Gasteiger partial charge in [-0.15, -0.1) is 0 Å². The molecular formula is C14H22N2O. The third-order valence-corrected chi connectivity index (χ3v) is 3.36. The summed E-state index contributed by atoms with van der Waals surface area (Å²) in [4.78, 5) is 4.53. The first kappa shape index (κ1) is 12.5. The Balaban J connectivity index is 1.94. The number of nitrogens with one attached hydrogen (secondary N) is 1. The number of ether oxygens (including phenoxy) is 1. The smallest absolute Gasteiger partial charge is 0.0605 e. The number of rotatable bonds is 5. The summed E-state index contributed by atoms with van der Waals surface area (Å²) in [6.07, 6.45) is 5.53. The van der Waals surface area contributed by atoms with E-state index in [9.17, 15) is 0 Å². The SMILES string of the molecule is COCC(C)CNC1CCCc2cccnc21. The van der Waals surface area contributed by atoms with Gasteiger partial charge in [-0.25, -0.2) is 0 Å². The van der Waals surface area contributed by atoms with Crippen molar-refractivity contribution in [2.75, 3.05) is 20.3 Å². The van der Waals surface area contributed by atoms with Crippen molar-refractivity contribution in [2.24, 2.45) is 5.92 Å². The van der Waals surface area contributed by atoms with Gasteiger partial charge < -0.3 is 10.1 Å². The fraction of sp³-hybridized carbons (Fsp3) is 0.643. The molecule has 0 saturated carbocycles. The van der Waals surface area contributed by atoms with Crippen molar-refractivity contribution in [2.45, 2.75) is 32.2 Å². The number of pyridine rings is 1. The molecule has 2 rings (SSSR count). The monoisotopic (exact) mass is 234 g/mol. The van der Waals surface area contributed by atoms with E-state index in [2.05, 4.69) is 23.3 Å². The van der Waals surface area contributed by atoms with Gasteiger partial charge in [0.1, 0.15) is 0 Å². The lowest BCUT2D eigenvalue weighted by molar-refractivity contribution is 0.156. The summed E-state index contributed by atoms with van der Waals surface area (Å²) < 4.78 is 5.16. The van der Waals surface area contributed by atoms with Gasteiger partial charge in [0, 0.05) is 32.5 Å². The van der Waals surface area contributed by atoms with Crippen LogP contribution in [0.1, 0.15) is 37.1 Å². The van der Waals surface area contributed by atoms with Gasteiger partial charge in [0.05, 0.1) is 5.69 Å². The van der Waals surface area contributed by atoms with E-state index in [0.717, 1.165) is 13.2 Å². The highest BCUT2D eigenvalue weighted by atomic mass is 16.5. The van der Waals surface area contributed by atoms with Crippen LogP contribution < -0.4 is 5.32 Å². The summed E-state index contributed by atoms with van der Waals surface area (Å²) >= 11 is 0. The predicted octanol–water partition coefficient (Wildman–Crippen LogP) is 2.33. The summed E-state index contributed by atoms with van der Waals surface area (Å²) in [5.41, 5.74) is 2.67. The van der Waals surface area contributed by atoms with E-state index in [1.165, 1.54) is 30.5 Å². The summed E-state index contributed by atoms with van der Waals surface area (Å²) in [6.45, 7) is 4.02. The third-order valence-electron chi connectivity index (χ3n) is 3.36. The number of nitrogens with zero attached hydrogens (tertiary/aromatic N) is 1. The van der Waals surface area contributed by atoms with Gasteiger partial charge >= 0.3 is 0 Å². The first-order valence-corrected chi connectivity index (χ1v) is 6.47. The molecule has 2 unspecified atom stereocenters. The van der Waals surface area contributed by atoms with Gasteiger partial charge in [-0.1, -0.05) is 13.0 Å². The summed E-state index contributed by atoms with van der Waals surface area (Å²) in [5.74, 6) is 0.550. The second-order valence-electron chi connectivity index (χ2n) is 4.96. The number of fused-ring (bicyclic) bond motifs is 1. The molecule has 0 aliphatic heterocycles. The number of methoxy groups -OCH3 is 1. The van der Waals surface area contributed by atoms with Crippen LogP contribution in [0.15, 0.2) is 18.3 Å². The molecular weight excluding hydrogens is 212 g/mol. The summed E-state index contributed by atoms with van der Waals surface area (Å²) in [6, 6.07) is 4.67. The fourth-order valence-corrected chi connectivity index (χ4v) is 2.49. The van der Waals surface area contributed by atoms with Gasteiger partial charge in [-0.2, -0.15) is 0 Å². The highest BCUT2D eigenvalue weighted by molar-refractivity contribution is 5.25. The van der Waals surface area contributed by atoms with Crippen molar-refractivity contribution >= 4 is 0 Å². The van der Waals surface area contributed by atoms with Crippen LogP contribution in [0.4, 0.5) is 0 Å². The Labute approximate surface area is 104 Å².